The number of thiophene rings is 1. The van der Waals surface area contributed by atoms with Crippen LogP contribution in [0.4, 0.5) is 5.82 Å². The molecule has 0 fully saturated rings. The first-order valence-electron chi connectivity index (χ1n) is 12.0. The first-order valence-corrected chi connectivity index (χ1v) is 13.9. The summed E-state index contributed by atoms with van der Waals surface area (Å²) in [6.45, 7) is 4.17. The Morgan fingerprint density at radius 1 is 1.18 bits per heavy atom. The number of fused-ring (bicyclic) bond motifs is 1. The number of nitrogens with zero attached hydrogens (tertiary/aromatic N) is 5. The van der Waals surface area contributed by atoms with Crippen LogP contribution in [0.25, 0.3) is 27.0 Å². The third kappa shape index (κ3) is 5.20. The van der Waals surface area contributed by atoms with E-state index in [0.717, 1.165) is 50.1 Å². The molecule has 1 aliphatic rings. The standard InChI is InChI=1S/C27H26N6O3S2/c1-3-17-10-6-5-9-13-19(17)33-20(31-32-27(33)37-15-21(34)35)14-36-26-29-24(28)23-22(16(2)38-25(23)30-26)18-11-7-4-8-12-18/h4-13,17H,3,14-15H2,1-2H3,(H,34,35)(H2,28,29,30). The third-order valence-electron chi connectivity index (χ3n) is 6.06. The van der Waals surface area contributed by atoms with Gasteiger partial charge in [0.05, 0.1) is 11.1 Å². The molecule has 0 bridgehead atoms. The van der Waals surface area contributed by atoms with E-state index in [0.29, 0.717) is 16.8 Å². The third-order valence-corrected chi connectivity index (χ3v) is 7.98. The summed E-state index contributed by atoms with van der Waals surface area (Å²) in [4.78, 5) is 22.2. The number of nitrogen functional groups attached to an aromatic ring is 1. The van der Waals surface area contributed by atoms with Crippen LogP contribution in [0.15, 0.2) is 65.9 Å². The van der Waals surface area contributed by atoms with Crippen LogP contribution in [-0.2, 0) is 11.4 Å². The molecule has 3 N–H and O–H groups in total. The van der Waals surface area contributed by atoms with Gasteiger partial charge in [-0.15, -0.1) is 21.5 Å². The van der Waals surface area contributed by atoms with Crippen molar-refractivity contribution in [2.75, 3.05) is 11.5 Å². The largest absolute Gasteiger partial charge is 0.481 e. The van der Waals surface area contributed by atoms with E-state index in [1.165, 1.54) is 0 Å². The molecular formula is C27H26N6O3S2. The quantitative estimate of drug-likeness (QED) is 0.258. The van der Waals surface area contributed by atoms with E-state index in [9.17, 15) is 9.90 Å². The van der Waals surface area contributed by atoms with Gasteiger partial charge in [-0.2, -0.15) is 9.97 Å². The fraction of sp³-hybridized carbons (Fsp3) is 0.222. The van der Waals surface area contributed by atoms with Gasteiger partial charge in [-0.1, -0.05) is 73.3 Å². The summed E-state index contributed by atoms with van der Waals surface area (Å²) in [5, 5.41) is 19.1. The van der Waals surface area contributed by atoms with E-state index >= 15 is 0 Å². The Hall–Kier alpha value is -3.96. The molecule has 1 atom stereocenters. The summed E-state index contributed by atoms with van der Waals surface area (Å²) in [6.07, 6.45) is 10.8. The Balaban J connectivity index is 1.47. The number of aryl methyl sites for hydroxylation is 1. The van der Waals surface area contributed by atoms with E-state index in [2.05, 4.69) is 33.2 Å². The molecule has 194 valence electrons. The van der Waals surface area contributed by atoms with Crippen molar-refractivity contribution in [2.24, 2.45) is 5.92 Å². The number of allylic oxidation sites excluding steroid dienone is 6. The average Bonchev–Trinajstić information content (AvgIpc) is 3.37. The maximum absolute atomic E-state index is 11.2. The van der Waals surface area contributed by atoms with Crippen molar-refractivity contribution in [3.63, 3.8) is 0 Å². The van der Waals surface area contributed by atoms with Crippen LogP contribution in [-0.4, -0.2) is 41.6 Å². The highest BCUT2D eigenvalue weighted by molar-refractivity contribution is 7.99. The molecule has 0 radical (unpaired) electrons. The highest BCUT2D eigenvalue weighted by Gasteiger charge is 2.23. The van der Waals surface area contributed by atoms with Crippen molar-refractivity contribution in [2.45, 2.75) is 32.0 Å². The second-order valence-electron chi connectivity index (χ2n) is 8.55. The van der Waals surface area contributed by atoms with Gasteiger partial charge in [0.25, 0.3) is 0 Å². The molecule has 9 nitrogen and oxygen atoms in total. The minimum absolute atomic E-state index is 0.0304. The normalized spacial score (nSPS) is 15.0. The smallest absolute Gasteiger partial charge is 0.320 e. The number of rotatable bonds is 9. The van der Waals surface area contributed by atoms with Gasteiger partial charge >= 0.3 is 12.0 Å². The Kier molecular flexibility index (Phi) is 7.57. The Morgan fingerprint density at radius 3 is 2.76 bits per heavy atom. The van der Waals surface area contributed by atoms with Crippen molar-refractivity contribution in [3.05, 3.63) is 71.4 Å². The van der Waals surface area contributed by atoms with E-state index < -0.39 is 5.97 Å². The predicted octanol–water partition coefficient (Wildman–Crippen LogP) is 5.59. The molecule has 3 heterocycles. The van der Waals surface area contributed by atoms with Gasteiger partial charge in [-0.25, -0.2) is 0 Å². The minimum atomic E-state index is -0.928. The van der Waals surface area contributed by atoms with E-state index in [1.54, 1.807) is 11.3 Å². The maximum atomic E-state index is 11.2. The molecule has 0 amide bonds. The zero-order chi connectivity index (χ0) is 26.6. The Bertz CT molecular complexity index is 1570. The number of ether oxygens (including phenoxy) is 1. The van der Waals surface area contributed by atoms with Crippen molar-refractivity contribution >= 4 is 50.8 Å². The molecule has 0 saturated heterocycles. The number of aliphatic carboxylic acids is 1. The Labute approximate surface area is 227 Å². The molecular weight excluding hydrogens is 520 g/mol. The lowest BCUT2D eigenvalue weighted by Gasteiger charge is -2.19. The topological polar surface area (TPSA) is 129 Å². The van der Waals surface area contributed by atoms with Crippen molar-refractivity contribution < 1.29 is 14.6 Å². The minimum Gasteiger partial charge on any atom is -0.481 e. The number of benzene rings is 1. The summed E-state index contributed by atoms with van der Waals surface area (Å²) < 4.78 is 7.87. The second-order valence-corrected chi connectivity index (χ2v) is 10.7. The van der Waals surface area contributed by atoms with Crippen LogP contribution in [0.5, 0.6) is 6.01 Å². The van der Waals surface area contributed by atoms with Crippen LogP contribution < -0.4 is 10.5 Å². The van der Waals surface area contributed by atoms with Gasteiger partial charge in [0, 0.05) is 22.1 Å². The summed E-state index contributed by atoms with van der Waals surface area (Å²) >= 11 is 2.65. The van der Waals surface area contributed by atoms with Crippen LogP contribution in [0.1, 0.15) is 24.0 Å². The van der Waals surface area contributed by atoms with Gasteiger partial charge in [-0.3, -0.25) is 9.36 Å². The highest BCUT2D eigenvalue weighted by Crippen LogP contribution is 2.40. The number of carbonyl (C=O) groups is 1. The number of anilines is 1. The van der Waals surface area contributed by atoms with Crippen LogP contribution in [0.3, 0.4) is 0 Å². The number of nitrogens with two attached hydrogens (primary N) is 1. The molecule has 0 aliphatic heterocycles. The molecule has 0 spiro atoms. The number of carboxylic acid groups (broad SMARTS) is 1. The fourth-order valence-electron chi connectivity index (χ4n) is 4.36. The number of aromatic nitrogens is 5. The zero-order valence-electron chi connectivity index (χ0n) is 20.9. The van der Waals surface area contributed by atoms with Gasteiger partial charge in [0.15, 0.2) is 17.6 Å². The monoisotopic (exact) mass is 546 g/mol. The Morgan fingerprint density at radius 2 is 2.00 bits per heavy atom. The van der Waals surface area contributed by atoms with Crippen LogP contribution in [0.2, 0.25) is 0 Å². The van der Waals surface area contributed by atoms with Crippen molar-refractivity contribution in [1.29, 1.82) is 0 Å². The average molecular weight is 547 g/mol. The zero-order valence-corrected chi connectivity index (χ0v) is 22.5. The lowest BCUT2D eigenvalue weighted by Crippen LogP contribution is -2.14. The summed E-state index contributed by atoms with van der Waals surface area (Å²) in [7, 11) is 0. The summed E-state index contributed by atoms with van der Waals surface area (Å²) in [6, 6.07) is 10.2. The molecule has 0 saturated carbocycles. The van der Waals surface area contributed by atoms with Crippen molar-refractivity contribution in [1.82, 2.24) is 24.7 Å². The molecule has 1 aliphatic carbocycles. The lowest BCUT2D eigenvalue weighted by atomic mass is 10.0. The number of hydrogen-bond acceptors (Lipinski definition) is 9. The van der Waals surface area contributed by atoms with Crippen LogP contribution in [0, 0.1) is 12.8 Å². The number of carboxylic acids is 1. The molecule has 1 unspecified atom stereocenters. The lowest BCUT2D eigenvalue weighted by molar-refractivity contribution is -0.133. The molecule has 5 rings (SSSR count). The van der Waals surface area contributed by atoms with Gasteiger partial charge < -0.3 is 15.6 Å². The predicted molar refractivity (Wildman–Crippen MR) is 151 cm³/mol. The molecule has 3 aromatic heterocycles. The first-order chi connectivity index (χ1) is 18.5. The second kappa shape index (κ2) is 11.2. The number of thioether (sulfide) groups is 1. The van der Waals surface area contributed by atoms with Gasteiger partial charge in [0.2, 0.25) is 0 Å². The van der Waals surface area contributed by atoms with E-state index in [1.807, 2.05) is 66.1 Å². The highest BCUT2D eigenvalue weighted by atomic mass is 32.2. The van der Waals surface area contributed by atoms with E-state index in [-0.39, 0.29) is 24.3 Å². The molecule has 11 heteroatoms. The molecule has 38 heavy (non-hydrogen) atoms. The first kappa shape index (κ1) is 25.7. The fourth-order valence-corrected chi connectivity index (χ4v) is 6.10. The maximum Gasteiger partial charge on any atom is 0.320 e. The van der Waals surface area contributed by atoms with Gasteiger partial charge in [-0.05, 0) is 25.0 Å². The molecule has 1 aromatic carbocycles. The molecule has 4 aromatic rings. The summed E-state index contributed by atoms with van der Waals surface area (Å²) in [5.41, 5.74) is 9.43. The van der Waals surface area contributed by atoms with E-state index in [4.69, 9.17) is 10.5 Å². The number of hydrogen-bond donors (Lipinski definition) is 2. The van der Waals surface area contributed by atoms with Crippen LogP contribution >= 0.6 is 23.1 Å². The van der Waals surface area contributed by atoms with Gasteiger partial charge in [0.1, 0.15) is 10.6 Å². The van der Waals surface area contributed by atoms with Crippen molar-refractivity contribution in [3.8, 4) is 17.1 Å². The summed E-state index contributed by atoms with van der Waals surface area (Å²) in [5.74, 6) is -0.104. The SMILES string of the molecule is CCC1C=CC=CC=C1n1c(COc2nc(N)c3c(-c4ccccc4)c(C)sc3n2)nnc1SCC(=O)O.